The number of furan rings is 1. The third-order valence-corrected chi connectivity index (χ3v) is 15.9. The van der Waals surface area contributed by atoms with Crippen LogP contribution in [0.25, 0.3) is 16.7 Å². The van der Waals surface area contributed by atoms with Gasteiger partial charge in [0.2, 0.25) is 0 Å². The van der Waals surface area contributed by atoms with Gasteiger partial charge in [0.15, 0.2) is 0 Å². The molecule has 36 heavy (non-hydrogen) atoms. The van der Waals surface area contributed by atoms with Crippen LogP contribution in [0.3, 0.4) is 0 Å². The summed E-state index contributed by atoms with van der Waals surface area (Å²) in [6.45, 7) is 21.2. The van der Waals surface area contributed by atoms with E-state index >= 15 is 0 Å². The van der Waals surface area contributed by atoms with E-state index in [9.17, 15) is 0 Å². The maximum atomic E-state index is 5.52. The third kappa shape index (κ3) is 4.45. The van der Waals surface area contributed by atoms with Crippen LogP contribution in [0.4, 0.5) is 0 Å². The van der Waals surface area contributed by atoms with Crippen LogP contribution in [0, 0.1) is 5.92 Å². The molecule has 0 bridgehead atoms. The van der Waals surface area contributed by atoms with E-state index in [0.29, 0.717) is 5.92 Å². The molecule has 0 radical (unpaired) electrons. The molecule has 1 aromatic heterocycles. The summed E-state index contributed by atoms with van der Waals surface area (Å²) in [5.74, 6) is 0.476. The first kappa shape index (κ1) is 25.6. The summed E-state index contributed by atoms with van der Waals surface area (Å²) in [5, 5.41) is 0. The van der Waals surface area contributed by atoms with Gasteiger partial charge in [0.05, 0.1) is 0 Å². The Hall–Kier alpha value is -2.05. The second kappa shape index (κ2) is 9.06. The van der Waals surface area contributed by atoms with E-state index in [1.54, 1.807) is 15.3 Å². The SMILES string of the molecule is C[C](C)=[Zr]([C]1=C(c2ccoc2)C=CC1C)[c]1cc(C(C)(C)C)cc2c1Cc1ccc(C(C)(C)C)cc1-2. The van der Waals surface area contributed by atoms with Crippen molar-refractivity contribution >= 4 is 12.1 Å². The summed E-state index contributed by atoms with van der Waals surface area (Å²) in [4.78, 5) is 0. The molecule has 2 aromatic carbocycles. The molecule has 2 aliphatic rings. The molecule has 0 spiro atoms. The van der Waals surface area contributed by atoms with Crippen LogP contribution < -0.4 is 3.27 Å². The average molecular weight is 556 g/mol. The molecule has 0 saturated carbocycles. The Morgan fingerprint density at radius 2 is 1.58 bits per heavy atom. The van der Waals surface area contributed by atoms with Crippen molar-refractivity contribution in [1.82, 2.24) is 0 Å². The van der Waals surface area contributed by atoms with Gasteiger partial charge in [0.25, 0.3) is 0 Å². The van der Waals surface area contributed by atoms with Crippen molar-refractivity contribution in [3.63, 3.8) is 0 Å². The molecule has 3 aromatic rings. The van der Waals surface area contributed by atoms with Gasteiger partial charge in [-0.25, -0.2) is 0 Å². The number of benzene rings is 2. The molecule has 0 amide bonds. The van der Waals surface area contributed by atoms with E-state index in [1.165, 1.54) is 39.0 Å². The van der Waals surface area contributed by atoms with Crippen molar-refractivity contribution < 1.29 is 25.7 Å². The normalized spacial score (nSPS) is 17.0. The molecule has 2 aliphatic carbocycles. The molecule has 1 atom stereocenters. The van der Waals surface area contributed by atoms with E-state index in [1.807, 2.05) is 12.5 Å². The quantitative estimate of drug-likeness (QED) is 0.247. The predicted molar refractivity (Wildman–Crippen MR) is 152 cm³/mol. The zero-order valence-electron chi connectivity index (χ0n) is 23.5. The fourth-order valence-corrected chi connectivity index (χ4v) is 13.8. The molecule has 0 N–H and O–H groups in total. The first-order valence-corrected chi connectivity index (χ1v) is 17.0. The van der Waals surface area contributed by atoms with E-state index in [4.69, 9.17) is 4.42 Å². The zero-order chi connectivity index (χ0) is 26.0. The topological polar surface area (TPSA) is 13.1 Å². The van der Waals surface area contributed by atoms with Crippen molar-refractivity contribution in [3.05, 3.63) is 92.2 Å². The summed E-state index contributed by atoms with van der Waals surface area (Å²) in [6.07, 6.45) is 9.54. The van der Waals surface area contributed by atoms with Crippen LogP contribution in [-0.2, 0) is 38.5 Å². The number of fused-ring (bicyclic) bond motifs is 3. The van der Waals surface area contributed by atoms with Gasteiger partial charge in [-0.05, 0) is 0 Å². The van der Waals surface area contributed by atoms with Crippen LogP contribution in [-0.4, -0.2) is 3.21 Å². The van der Waals surface area contributed by atoms with Gasteiger partial charge < -0.3 is 0 Å². The van der Waals surface area contributed by atoms with Crippen LogP contribution in [0.15, 0.2) is 68.8 Å². The van der Waals surface area contributed by atoms with Gasteiger partial charge >= 0.3 is 227 Å². The molecular weight excluding hydrogens is 516 g/mol. The van der Waals surface area contributed by atoms with Crippen LogP contribution in [0.1, 0.15) is 90.1 Å². The Morgan fingerprint density at radius 3 is 2.19 bits per heavy atom. The summed E-state index contributed by atoms with van der Waals surface area (Å²) in [7, 11) is 0. The molecule has 1 heterocycles. The molecule has 186 valence electrons. The molecule has 1 unspecified atom stereocenters. The number of hydrogen-bond acceptors (Lipinski definition) is 1. The molecule has 0 saturated heterocycles. The third-order valence-electron chi connectivity index (χ3n) is 7.92. The van der Waals surface area contributed by atoms with Crippen LogP contribution in [0.5, 0.6) is 0 Å². The molecule has 0 fully saturated rings. The van der Waals surface area contributed by atoms with E-state index in [0.717, 1.165) is 6.42 Å². The molecular formula is C34H40OZr. The van der Waals surface area contributed by atoms with E-state index in [-0.39, 0.29) is 10.8 Å². The van der Waals surface area contributed by atoms with Crippen LogP contribution in [0.2, 0.25) is 0 Å². The summed E-state index contributed by atoms with van der Waals surface area (Å²) < 4.78 is 10.5. The molecule has 1 nitrogen and oxygen atoms in total. The second-order valence-electron chi connectivity index (χ2n) is 13.0. The van der Waals surface area contributed by atoms with Gasteiger partial charge in [-0.2, -0.15) is 0 Å². The average Bonchev–Trinajstić information content (AvgIpc) is 3.51. The minimum atomic E-state index is -2.39. The number of hydrogen-bond donors (Lipinski definition) is 0. The Kier molecular flexibility index (Phi) is 6.44. The van der Waals surface area contributed by atoms with Crippen molar-refractivity contribution in [1.29, 1.82) is 0 Å². The zero-order valence-corrected chi connectivity index (χ0v) is 25.9. The van der Waals surface area contributed by atoms with Gasteiger partial charge in [0.1, 0.15) is 0 Å². The second-order valence-corrected chi connectivity index (χ2v) is 19.9. The Bertz CT molecular complexity index is 1430. The van der Waals surface area contributed by atoms with Gasteiger partial charge in [-0.15, -0.1) is 0 Å². The fraction of sp³-hybridized carbons (Fsp3) is 0.382. The van der Waals surface area contributed by atoms with Crippen molar-refractivity contribution in [3.8, 4) is 11.1 Å². The Labute approximate surface area is 225 Å². The van der Waals surface area contributed by atoms with Crippen LogP contribution >= 0.6 is 0 Å². The first-order chi connectivity index (χ1) is 16.9. The molecule has 5 rings (SSSR count). The molecule has 0 aliphatic heterocycles. The summed E-state index contributed by atoms with van der Waals surface area (Å²) in [5.41, 5.74) is 11.8. The summed E-state index contributed by atoms with van der Waals surface area (Å²) in [6, 6.07) is 14.5. The van der Waals surface area contributed by atoms with Crippen molar-refractivity contribution in [2.24, 2.45) is 5.92 Å². The van der Waals surface area contributed by atoms with Gasteiger partial charge in [-0.1, -0.05) is 0 Å². The standard InChI is InChI=1S/C21H25.C10H9O.C3H6.Zr/c1-20(2,3)16-9-7-14-11-15-8-10-17(21(4,5)6)13-19(15)18(14)12-16;1-8-2-3-9(6-8)10-4-5-11-7-10;1-3-2;/h7,9-10,12-13H,11H2,1-6H3;2-5,7-8H,1H3;1-2H3;. The van der Waals surface area contributed by atoms with Crippen molar-refractivity contribution in [2.75, 3.05) is 0 Å². The Morgan fingerprint density at radius 1 is 0.889 bits per heavy atom. The minimum absolute atomic E-state index is 0.103. The predicted octanol–water partition coefficient (Wildman–Crippen LogP) is 8.52. The van der Waals surface area contributed by atoms with E-state index < -0.39 is 21.3 Å². The maximum absolute atomic E-state index is 5.52. The monoisotopic (exact) mass is 554 g/mol. The first-order valence-electron chi connectivity index (χ1n) is 13.3. The number of rotatable bonds is 3. The Balaban J connectivity index is 1.79. The van der Waals surface area contributed by atoms with Gasteiger partial charge in [0, 0.05) is 0 Å². The fourth-order valence-electron chi connectivity index (χ4n) is 5.78. The number of allylic oxidation sites excluding steroid dienone is 4. The van der Waals surface area contributed by atoms with Crippen molar-refractivity contribution in [2.45, 2.75) is 79.6 Å². The molecule has 2 heteroatoms. The van der Waals surface area contributed by atoms with Gasteiger partial charge in [-0.3, -0.25) is 0 Å². The summed E-state index contributed by atoms with van der Waals surface area (Å²) >= 11 is -2.39. The van der Waals surface area contributed by atoms with E-state index in [2.05, 4.69) is 111 Å².